The molecule has 0 aliphatic carbocycles. The molecule has 6 heteroatoms. The molecule has 1 saturated heterocycles. The third-order valence-electron chi connectivity index (χ3n) is 3.12. The zero-order valence-electron chi connectivity index (χ0n) is 15.1. The summed E-state index contributed by atoms with van der Waals surface area (Å²) in [4.78, 5) is 0. The number of ether oxygens (including phenoxy) is 1. The summed E-state index contributed by atoms with van der Waals surface area (Å²) in [5, 5.41) is 0. The van der Waals surface area contributed by atoms with Crippen LogP contribution in [0.2, 0.25) is 39.3 Å². The van der Waals surface area contributed by atoms with Crippen molar-refractivity contribution < 1.29 is 17.1 Å². The summed E-state index contributed by atoms with van der Waals surface area (Å²) in [6, 6.07) is 11.6. The van der Waals surface area contributed by atoms with Gasteiger partial charge < -0.3 is 21.4 Å². The van der Waals surface area contributed by atoms with E-state index in [4.69, 9.17) is 4.74 Å². The van der Waals surface area contributed by atoms with Crippen LogP contribution in [0.5, 0.6) is 0 Å². The van der Waals surface area contributed by atoms with Gasteiger partial charge in [0.05, 0.1) is 0 Å². The Bertz CT molecular complexity index is 368. The molecule has 1 heterocycles. The fourth-order valence-electron chi connectivity index (χ4n) is 2.81. The van der Waals surface area contributed by atoms with Crippen LogP contribution in [0.4, 0.5) is 5.69 Å². The minimum atomic E-state index is -1.29. The van der Waals surface area contributed by atoms with E-state index in [1.807, 2.05) is 6.07 Å². The standard InChI is InChI=1S/C12H22NSi2.C4H8O.ClH.Mg/c1-14(2,3)13(15(4,5)6)12-10-8-7-9-11-12;1-2-4-5-3-1;;/h7-8,10-11H,1-6H3;1-4H2;1H;/q-1;;;+2/p-1. The Labute approximate surface area is 161 Å². The molecular weight excluding hydrogens is 338 g/mol. The van der Waals surface area contributed by atoms with E-state index in [2.05, 4.69) is 67.8 Å². The Balaban J connectivity index is 0. The molecule has 0 aromatic heterocycles. The quantitative estimate of drug-likeness (QED) is 0.591. The van der Waals surface area contributed by atoms with Gasteiger partial charge >= 0.3 is 23.1 Å². The minimum absolute atomic E-state index is 0. The van der Waals surface area contributed by atoms with Crippen molar-refractivity contribution in [1.82, 2.24) is 0 Å². The van der Waals surface area contributed by atoms with E-state index in [0.29, 0.717) is 0 Å². The molecule has 0 atom stereocenters. The Kier molecular flexibility index (Phi) is 12.5. The van der Waals surface area contributed by atoms with Crippen molar-refractivity contribution >= 4 is 45.2 Å². The van der Waals surface area contributed by atoms with Gasteiger partial charge in [0, 0.05) is 13.2 Å². The molecule has 22 heavy (non-hydrogen) atoms. The second kappa shape index (κ2) is 11.1. The summed E-state index contributed by atoms with van der Waals surface area (Å²) in [5.74, 6) is 0. The smallest absolute Gasteiger partial charge is 1.00 e. The molecule has 0 saturated carbocycles. The number of hydrogen-bond acceptors (Lipinski definition) is 2. The van der Waals surface area contributed by atoms with Gasteiger partial charge in [0.2, 0.25) is 0 Å². The predicted octanol–water partition coefficient (Wildman–Crippen LogP) is 1.38. The largest absolute Gasteiger partial charge is 2.00 e. The molecule has 2 rings (SSSR count). The molecule has 0 radical (unpaired) electrons. The van der Waals surface area contributed by atoms with Crippen LogP contribution in [0, 0.1) is 6.07 Å². The number of benzene rings is 1. The number of anilines is 1. The van der Waals surface area contributed by atoms with Gasteiger partial charge in [-0.15, -0.1) is 0 Å². The molecule has 122 valence electrons. The normalized spacial score (nSPS) is 14.1. The summed E-state index contributed by atoms with van der Waals surface area (Å²) < 4.78 is 7.65. The number of hydrogen-bond donors (Lipinski definition) is 0. The molecule has 0 spiro atoms. The maximum absolute atomic E-state index is 4.94. The second-order valence-electron chi connectivity index (χ2n) is 7.26. The Morgan fingerprint density at radius 2 is 1.50 bits per heavy atom. The van der Waals surface area contributed by atoms with E-state index in [0.717, 1.165) is 13.2 Å². The van der Waals surface area contributed by atoms with Crippen molar-refractivity contribution in [2.24, 2.45) is 0 Å². The van der Waals surface area contributed by atoms with Gasteiger partial charge in [0.15, 0.2) is 0 Å². The van der Waals surface area contributed by atoms with Crippen LogP contribution >= 0.6 is 0 Å². The zero-order chi connectivity index (χ0) is 15.2. The third kappa shape index (κ3) is 8.93. The predicted molar refractivity (Wildman–Crippen MR) is 100 cm³/mol. The Morgan fingerprint density at radius 1 is 1.00 bits per heavy atom. The van der Waals surface area contributed by atoms with Crippen molar-refractivity contribution in [2.75, 3.05) is 17.4 Å². The number of rotatable bonds is 3. The van der Waals surface area contributed by atoms with E-state index in [1.165, 1.54) is 18.5 Å². The topological polar surface area (TPSA) is 12.5 Å². The van der Waals surface area contributed by atoms with Crippen LogP contribution in [-0.4, -0.2) is 52.7 Å². The van der Waals surface area contributed by atoms with E-state index in [9.17, 15) is 0 Å². The van der Waals surface area contributed by atoms with Crippen LogP contribution in [0.15, 0.2) is 24.3 Å². The van der Waals surface area contributed by atoms with E-state index < -0.39 is 16.5 Å². The van der Waals surface area contributed by atoms with E-state index in [1.54, 1.807) is 0 Å². The van der Waals surface area contributed by atoms with Crippen LogP contribution in [0.25, 0.3) is 0 Å². The van der Waals surface area contributed by atoms with Crippen molar-refractivity contribution in [1.29, 1.82) is 0 Å². The van der Waals surface area contributed by atoms with Gasteiger partial charge in [-0.3, -0.25) is 0 Å². The van der Waals surface area contributed by atoms with E-state index in [-0.39, 0.29) is 35.5 Å². The first-order valence-electron chi connectivity index (χ1n) is 7.57. The van der Waals surface area contributed by atoms with Gasteiger partial charge in [-0.1, -0.05) is 45.0 Å². The van der Waals surface area contributed by atoms with Crippen molar-refractivity contribution in [3.63, 3.8) is 0 Å². The summed E-state index contributed by atoms with van der Waals surface area (Å²) in [7, 11) is -2.58. The summed E-state index contributed by atoms with van der Waals surface area (Å²) in [5.41, 5.74) is 1.36. The zero-order valence-corrected chi connectivity index (χ0v) is 19.2. The molecule has 1 aromatic carbocycles. The van der Waals surface area contributed by atoms with Crippen LogP contribution in [0.1, 0.15) is 12.8 Å². The van der Waals surface area contributed by atoms with Gasteiger partial charge in [-0.2, -0.15) is 30.3 Å². The maximum Gasteiger partial charge on any atom is 2.00 e. The monoisotopic (exact) mass is 367 g/mol. The first-order chi connectivity index (χ1) is 9.23. The van der Waals surface area contributed by atoms with Crippen LogP contribution in [-0.2, 0) is 4.74 Å². The SMILES string of the molecule is C1CCOC1.C[Si](C)(C)N(c1c[c-]ccc1)[Si](C)(C)C.[Cl-].[Mg+2]. The maximum atomic E-state index is 4.94. The summed E-state index contributed by atoms with van der Waals surface area (Å²) in [6.45, 7) is 16.5. The first kappa shape index (κ1) is 24.7. The molecule has 0 amide bonds. The molecule has 0 N–H and O–H groups in total. The molecule has 1 aromatic rings. The van der Waals surface area contributed by atoms with Gasteiger partial charge in [-0.25, -0.2) is 0 Å². The molecule has 1 aliphatic heterocycles. The third-order valence-corrected chi connectivity index (χ3v) is 10.3. The molecule has 2 nitrogen and oxygen atoms in total. The molecule has 0 unspecified atom stereocenters. The summed E-state index contributed by atoms with van der Waals surface area (Å²) in [6.07, 6.45) is 2.56. The average molecular weight is 368 g/mol. The number of nitrogens with zero attached hydrogens (tertiary/aromatic N) is 1. The molecule has 1 fully saturated rings. The Hall–Kier alpha value is 0.470. The van der Waals surface area contributed by atoms with Crippen molar-refractivity contribution in [2.45, 2.75) is 52.1 Å². The van der Waals surface area contributed by atoms with Crippen LogP contribution in [0.3, 0.4) is 0 Å². The molecular formula is C16H30ClMgNOSi2. The van der Waals surface area contributed by atoms with Gasteiger partial charge in [-0.05, 0) is 12.8 Å². The minimum Gasteiger partial charge on any atom is -1.00 e. The first-order valence-corrected chi connectivity index (χ1v) is 14.5. The molecule has 1 aliphatic rings. The summed E-state index contributed by atoms with van der Waals surface area (Å²) >= 11 is 0. The van der Waals surface area contributed by atoms with Crippen LogP contribution < -0.4 is 16.6 Å². The molecule has 0 bridgehead atoms. The fourth-order valence-corrected chi connectivity index (χ4v) is 12.7. The van der Waals surface area contributed by atoms with Crippen molar-refractivity contribution in [3.8, 4) is 0 Å². The number of halogens is 1. The van der Waals surface area contributed by atoms with Crippen molar-refractivity contribution in [3.05, 3.63) is 30.3 Å². The Morgan fingerprint density at radius 3 is 1.77 bits per heavy atom. The second-order valence-corrected chi connectivity index (χ2v) is 17.3. The fraction of sp³-hybridized carbons (Fsp3) is 0.625. The average Bonchev–Trinajstić information content (AvgIpc) is 2.84. The van der Waals surface area contributed by atoms with Gasteiger partial charge in [0.25, 0.3) is 0 Å². The van der Waals surface area contributed by atoms with E-state index >= 15 is 0 Å². The van der Waals surface area contributed by atoms with Gasteiger partial charge in [0.1, 0.15) is 16.5 Å².